The van der Waals surface area contributed by atoms with Gasteiger partial charge in [0, 0.05) is 19.7 Å². The molecule has 0 aliphatic carbocycles. The summed E-state index contributed by atoms with van der Waals surface area (Å²) in [5.41, 5.74) is 1.14. The Kier molecular flexibility index (Phi) is 6.54. The van der Waals surface area contributed by atoms with Gasteiger partial charge in [-0.3, -0.25) is 0 Å². The van der Waals surface area contributed by atoms with E-state index in [0.29, 0.717) is 18.5 Å². The van der Waals surface area contributed by atoms with Crippen LogP contribution in [0.15, 0.2) is 29.3 Å². The molecule has 0 radical (unpaired) electrons. The normalized spacial score (nSPS) is 17.7. The van der Waals surface area contributed by atoms with Gasteiger partial charge in [0.15, 0.2) is 11.5 Å². The quantitative estimate of drug-likeness (QED) is 0.726. The van der Waals surface area contributed by atoms with E-state index in [1.54, 1.807) is 13.2 Å². The second-order valence-corrected chi connectivity index (χ2v) is 5.83. The van der Waals surface area contributed by atoms with Crippen LogP contribution in [0.3, 0.4) is 0 Å². The summed E-state index contributed by atoms with van der Waals surface area (Å²) in [4.78, 5) is 0. The van der Waals surface area contributed by atoms with Crippen molar-refractivity contribution >= 4 is 15.9 Å². The first kappa shape index (κ1) is 16.3. The second-order valence-electron chi connectivity index (χ2n) is 4.97. The van der Waals surface area contributed by atoms with Crippen molar-refractivity contribution in [2.75, 3.05) is 26.9 Å². The Morgan fingerprint density at radius 3 is 3.05 bits per heavy atom. The fraction of sp³-hybridized carbons (Fsp3) is 0.500. The molecule has 1 aromatic carbocycles. The summed E-state index contributed by atoms with van der Waals surface area (Å²) in [6.07, 6.45) is 4.38. The van der Waals surface area contributed by atoms with Crippen LogP contribution in [-0.4, -0.2) is 33.0 Å². The van der Waals surface area contributed by atoms with E-state index in [1.807, 2.05) is 12.1 Å². The van der Waals surface area contributed by atoms with Crippen LogP contribution in [-0.2, 0) is 11.3 Å². The fourth-order valence-corrected chi connectivity index (χ4v) is 2.94. The fourth-order valence-electron chi connectivity index (χ4n) is 2.34. The van der Waals surface area contributed by atoms with Crippen molar-refractivity contribution in [3.63, 3.8) is 0 Å². The molecule has 21 heavy (non-hydrogen) atoms. The summed E-state index contributed by atoms with van der Waals surface area (Å²) in [5.74, 6) is 1.43. The first-order valence-corrected chi connectivity index (χ1v) is 7.96. The maximum absolute atomic E-state index is 5.62. The molecule has 0 bridgehead atoms. The van der Waals surface area contributed by atoms with Crippen molar-refractivity contribution in [1.29, 1.82) is 0 Å². The standard InChI is InChI=1S/C16H22BrNO3/c1-3-6-21-16-14(17)8-12(9-15(16)19-2)10-18-11-13-5-4-7-20-13/h3,8-9,13,18H,1,4-7,10-11H2,2H3/t13-/m0/s1. The highest BCUT2D eigenvalue weighted by atomic mass is 79.9. The number of halogens is 1. The van der Waals surface area contributed by atoms with E-state index in [-0.39, 0.29) is 0 Å². The molecule has 1 atom stereocenters. The van der Waals surface area contributed by atoms with Gasteiger partial charge in [0.2, 0.25) is 0 Å². The summed E-state index contributed by atoms with van der Waals surface area (Å²) in [6, 6.07) is 4.04. The van der Waals surface area contributed by atoms with Crippen molar-refractivity contribution in [3.05, 3.63) is 34.8 Å². The Morgan fingerprint density at radius 2 is 2.38 bits per heavy atom. The molecule has 1 N–H and O–H groups in total. The Balaban J connectivity index is 1.96. The molecule has 0 amide bonds. The zero-order valence-electron chi connectivity index (χ0n) is 12.4. The Morgan fingerprint density at radius 1 is 1.52 bits per heavy atom. The predicted molar refractivity (Wildman–Crippen MR) is 87.1 cm³/mol. The molecular weight excluding hydrogens is 334 g/mol. The van der Waals surface area contributed by atoms with Crippen molar-refractivity contribution in [3.8, 4) is 11.5 Å². The SMILES string of the molecule is C=CCOc1c(Br)cc(CNC[C@@H]2CCCO2)cc1OC. The molecule has 1 aliphatic rings. The van der Waals surface area contributed by atoms with Crippen LogP contribution in [0.5, 0.6) is 11.5 Å². The summed E-state index contributed by atoms with van der Waals surface area (Å²) in [5, 5.41) is 3.43. The lowest BCUT2D eigenvalue weighted by molar-refractivity contribution is 0.110. The van der Waals surface area contributed by atoms with E-state index in [2.05, 4.69) is 27.8 Å². The topological polar surface area (TPSA) is 39.7 Å². The van der Waals surface area contributed by atoms with Crippen molar-refractivity contribution in [2.24, 2.45) is 0 Å². The van der Waals surface area contributed by atoms with E-state index in [9.17, 15) is 0 Å². The minimum atomic E-state index is 0.352. The minimum absolute atomic E-state index is 0.352. The molecule has 5 heteroatoms. The van der Waals surface area contributed by atoms with Gasteiger partial charge in [0.1, 0.15) is 6.61 Å². The predicted octanol–water partition coefficient (Wildman–Crippen LogP) is 3.29. The van der Waals surface area contributed by atoms with E-state index < -0.39 is 0 Å². The van der Waals surface area contributed by atoms with Crippen molar-refractivity contribution < 1.29 is 14.2 Å². The number of benzene rings is 1. The highest BCUT2D eigenvalue weighted by molar-refractivity contribution is 9.10. The van der Waals surface area contributed by atoms with Crippen LogP contribution in [0, 0.1) is 0 Å². The summed E-state index contributed by atoms with van der Waals surface area (Å²) in [6.45, 7) is 6.65. The highest BCUT2D eigenvalue weighted by Gasteiger charge is 2.15. The molecule has 1 aliphatic heterocycles. The van der Waals surface area contributed by atoms with E-state index in [4.69, 9.17) is 14.2 Å². The number of hydrogen-bond donors (Lipinski definition) is 1. The third-order valence-electron chi connectivity index (χ3n) is 3.36. The molecule has 0 spiro atoms. The molecule has 0 unspecified atom stereocenters. The van der Waals surface area contributed by atoms with Crippen LogP contribution in [0.25, 0.3) is 0 Å². The summed E-state index contributed by atoms with van der Waals surface area (Å²) >= 11 is 3.54. The number of methoxy groups -OCH3 is 1. The smallest absolute Gasteiger partial charge is 0.175 e. The van der Waals surface area contributed by atoms with Crippen LogP contribution >= 0.6 is 15.9 Å². The lowest BCUT2D eigenvalue weighted by atomic mass is 10.2. The van der Waals surface area contributed by atoms with Gasteiger partial charge < -0.3 is 19.5 Å². The monoisotopic (exact) mass is 355 g/mol. The Hall–Kier alpha value is -1.04. The molecule has 1 aromatic rings. The number of ether oxygens (including phenoxy) is 3. The zero-order chi connectivity index (χ0) is 15.1. The minimum Gasteiger partial charge on any atom is -0.493 e. The van der Waals surface area contributed by atoms with Gasteiger partial charge in [-0.25, -0.2) is 0 Å². The first-order valence-electron chi connectivity index (χ1n) is 7.17. The molecule has 1 heterocycles. The largest absolute Gasteiger partial charge is 0.493 e. The molecule has 4 nitrogen and oxygen atoms in total. The third-order valence-corrected chi connectivity index (χ3v) is 3.95. The van der Waals surface area contributed by atoms with Crippen molar-refractivity contribution in [2.45, 2.75) is 25.5 Å². The highest BCUT2D eigenvalue weighted by Crippen LogP contribution is 2.36. The molecule has 1 saturated heterocycles. The Labute approximate surface area is 134 Å². The molecule has 0 saturated carbocycles. The average molecular weight is 356 g/mol. The second kappa shape index (κ2) is 8.41. The van der Waals surface area contributed by atoms with Gasteiger partial charge in [-0.15, -0.1) is 0 Å². The Bertz CT molecular complexity index is 473. The van der Waals surface area contributed by atoms with Crippen molar-refractivity contribution in [1.82, 2.24) is 5.32 Å². The molecule has 116 valence electrons. The zero-order valence-corrected chi connectivity index (χ0v) is 13.9. The van der Waals surface area contributed by atoms with Gasteiger partial charge in [-0.05, 0) is 46.5 Å². The lowest BCUT2D eigenvalue weighted by Gasteiger charge is -2.15. The molecule has 2 rings (SSSR count). The molecule has 0 aromatic heterocycles. The van der Waals surface area contributed by atoms with E-state index in [1.165, 1.54) is 6.42 Å². The van der Waals surface area contributed by atoms with Crippen LogP contribution in [0.2, 0.25) is 0 Å². The van der Waals surface area contributed by atoms with Crippen LogP contribution < -0.4 is 14.8 Å². The van der Waals surface area contributed by atoms with Gasteiger partial charge in [-0.2, -0.15) is 0 Å². The van der Waals surface area contributed by atoms with Gasteiger partial charge in [-0.1, -0.05) is 12.7 Å². The number of rotatable bonds is 8. The summed E-state index contributed by atoms with van der Waals surface area (Å²) in [7, 11) is 1.64. The lowest BCUT2D eigenvalue weighted by Crippen LogP contribution is -2.25. The molecular formula is C16H22BrNO3. The summed E-state index contributed by atoms with van der Waals surface area (Å²) < 4.78 is 17.5. The number of hydrogen-bond acceptors (Lipinski definition) is 4. The van der Waals surface area contributed by atoms with Gasteiger partial charge >= 0.3 is 0 Å². The maximum atomic E-state index is 5.62. The van der Waals surface area contributed by atoms with E-state index in [0.717, 1.165) is 41.9 Å². The van der Waals surface area contributed by atoms with Crippen LogP contribution in [0.1, 0.15) is 18.4 Å². The van der Waals surface area contributed by atoms with E-state index >= 15 is 0 Å². The number of nitrogens with one attached hydrogen (secondary N) is 1. The first-order chi connectivity index (χ1) is 10.2. The average Bonchev–Trinajstić information content (AvgIpc) is 2.99. The van der Waals surface area contributed by atoms with Gasteiger partial charge in [0.05, 0.1) is 17.7 Å². The van der Waals surface area contributed by atoms with Crippen LogP contribution in [0.4, 0.5) is 0 Å². The van der Waals surface area contributed by atoms with Gasteiger partial charge in [0.25, 0.3) is 0 Å². The molecule has 1 fully saturated rings. The third kappa shape index (κ3) is 4.73. The maximum Gasteiger partial charge on any atom is 0.175 e.